The number of amides is 1. The third kappa shape index (κ3) is 3.34. The van der Waals surface area contributed by atoms with Gasteiger partial charge in [-0.25, -0.2) is 4.79 Å². The van der Waals surface area contributed by atoms with Crippen LogP contribution in [0.5, 0.6) is 11.5 Å². The van der Waals surface area contributed by atoms with E-state index in [9.17, 15) is 9.59 Å². The number of aromatic carboxylic acids is 1. The highest BCUT2D eigenvalue weighted by Gasteiger charge is 2.16. The maximum Gasteiger partial charge on any atom is 0.339 e. The number of hydrogen-bond acceptors (Lipinski definition) is 5. The second-order valence-electron chi connectivity index (χ2n) is 5.38. The van der Waals surface area contributed by atoms with Crippen molar-refractivity contribution in [1.29, 1.82) is 0 Å². The first-order valence-electron chi connectivity index (χ1n) is 7.55. The molecule has 0 aliphatic carbocycles. The highest BCUT2D eigenvalue weighted by atomic mass is 16.5. The normalized spacial score (nSPS) is 13.2. The second-order valence-corrected chi connectivity index (χ2v) is 5.38. The van der Waals surface area contributed by atoms with Crippen LogP contribution in [0.25, 0.3) is 0 Å². The summed E-state index contributed by atoms with van der Waals surface area (Å²) in [6.45, 7) is 2.80. The van der Waals surface area contributed by atoms with E-state index >= 15 is 0 Å². The third-order valence-electron chi connectivity index (χ3n) is 3.63. The average molecular weight is 331 g/mol. The SMILES string of the molecule is Cc1oc(CNC(=O)c2ccc3c(c2)OCCCO3)cc1C(=O)O. The molecule has 0 spiro atoms. The van der Waals surface area contributed by atoms with E-state index in [-0.39, 0.29) is 18.0 Å². The van der Waals surface area contributed by atoms with Gasteiger partial charge in [0.15, 0.2) is 11.5 Å². The van der Waals surface area contributed by atoms with Gasteiger partial charge in [-0.1, -0.05) is 0 Å². The number of fused-ring (bicyclic) bond motifs is 1. The molecule has 1 aliphatic heterocycles. The summed E-state index contributed by atoms with van der Waals surface area (Å²) in [6, 6.07) is 6.39. The van der Waals surface area contributed by atoms with Gasteiger partial charge in [0.25, 0.3) is 5.91 Å². The van der Waals surface area contributed by atoms with E-state index in [1.807, 2.05) is 0 Å². The number of aryl methyl sites for hydroxylation is 1. The summed E-state index contributed by atoms with van der Waals surface area (Å²) in [5.74, 6) is 0.488. The summed E-state index contributed by atoms with van der Waals surface area (Å²) < 4.78 is 16.4. The van der Waals surface area contributed by atoms with Gasteiger partial charge in [-0.3, -0.25) is 4.79 Å². The molecule has 7 nitrogen and oxygen atoms in total. The molecule has 0 radical (unpaired) electrons. The van der Waals surface area contributed by atoms with Gasteiger partial charge in [-0.15, -0.1) is 0 Å². The Kier molecular flexibility index (Phi) is 4.41. The van der Waals surface area contributed by atoms with Crippen molar-refractivity contribution < 1.29 is 28.6 Å². The molecule has 0 fully saturated rings. The number of furan rings is 1. The summed E-state index contributed by atoms with van der Waals surface area (Å²) in [6.07, 6.45) is 0.792. The zero-order valence-corrected chi connectivity index (χ0v) is 13.1. The van der Waals surface area contributed by atoms with Crippen LogP contribution in [0.4, 0.5) is 0 Å². The minimum atomic E-state index is -1.06. The zero-order valence-electron chi connectivity index (χ0n) is 13.1. The van der Waals surface area contributed by atoms with Crippen LogP contribution in [0, 0.1) is 6.92 Å². The molecule has 0 unspecified atom stereocenters. The quantitative estimate of drug-likeness (QED) is 0.892. The minimum Gasteiger partial charge on any atom is -0.490 e. The van der Waals surface area contributed by atoms with E-state index in [4.69, 9.17) is 19.0 Å². The van der Waals surface area contributed by atoms with Crippen LogP contribution in [0.3, 0.4) is 0 Å². The fraction of sp³-hybridized carbons (Fsp3) is 0.294. The largest absolute Gasteiger partial charge is 0.490 e. The summed E-state index contributed by atoms with van der Waals surface area (Å²) in [5, 5.41) is 11.7. The van der Waals surface area contributed by atoms with Gasteiger partial charge in [0, 0.05) is 12.0 Å². The van der Waals surface area contributed by atoms with Gasteiger partial charge in [0.2, 0.25) is 0 Å². The molecule has 3 rings (SSSR count). The Morgan fingerprint density at radius 3 is 2.62 bits per heavy atom. The van der Waals surface area contributed by atoms with E-state index in [1.54, 1.807) is 25.1 Å². The Bertz CT molecular complexity index is 779. The first kappa shape index (κ1) is 15.9. The molecule has 1 aromatic heterocycles. The number of carbonyl (C=O) groups is 2. The van der Waals surface area contributed by atoms with Crippen molar-refractivity contribution >= 4 is 11.9 Å². The smallest absolute Gasteiger partial charge is 0.339 e. The molecule has 2 N–H and O–H groups in total. The predicted octanol–water partition coefficient (Wildman–Crippen LogP) is 2.38. The maximum atomic E-state index is 12.2. The van der Waals surface area contributed by atoms with Crippen LogP contribution < -0.4 is 14.8 Å². The lowest BCUT2D eigenvalue weighted by molar-refractivity contribution is 0.0694. The van der Waals surface area contributed by atoms with E-state index in [1.165, 1.54) is 6.07 Å². The lowest BCUT2D eigenvalue weighted by Gasteiger charge is -2.09. The fourth-order valence-electron chi connectivity index (χ4n) is 2.42. The summed E-state index contributed by atoms with van der Waals surface area (Å²) >= 11 is 0. The van der Waals surface area contributed by atoms with E-state index in [2.05, 4.69) is 5.32 Å². The Morgan fingerprint density at radius 1 is 1.17 bits per heavy atom. The zero-order chi connectivity index (χ0) is 17.1. The third-order valence-corrected chi connectivity index (χ3v) is 3.63. The van der Waals surface area contributed by atoms with Crippen molar-refractivity contribution in [3.05, 3.63) is 46.9 Å². The molecule has 1 aliphatic rings. The average Bonchev–Trinajstić information content (AvgIpc) is 2.79. The first-order chi connectivity index (χ1) is 11.5. The Balaban J connectivity index is 1.68. The standard InChI is InChI=1S/C17H17NO6/c1-10-13(17(20)21)8-12(24-10)9-18-16(19)11-3-4-14-15(7-11)23-6-2-5-22-14/h3-4,7-8H,2,5-6,9H2,1H3,(H,18,19)(H,20,21). The molecule has 0 saturated carbocycles. The molecule has 126 valence electrons. The molecule has 7 heteroatoms. The number of benzene rings is 1. The van der Waals surface area contributed by atoms with Gasteiger partial charge in [-0.05, 0) is 31.2 Å². The van der Waals surface area contributed by atoms with Crippen molar-refractivity contribution in [2.24, 2.45) is 0 Å². The Hall–Kier alpha value is -2.96. The molecule has 2 aromatic rings. The summed E-state index contributed by atoms with van der Waals surface area (Å²) in [4.78, 5) is 23.2. The highest BCUT2D eigenvalue weighted by Crippen LogP contribution is 2.30. The summed E-state index contributed by atoms with van der Waals surface area (Å²) in [5.41, 5.74) is 0.524. The molecular formula is C17H17NO6. The van der Waals surface area contributed by atoms with Crippen LogP contribution in [-0.2, 0) is 6.54 Å². The number of nitrogens with one attached hydrogen (secondary N) is 1. The van der Waals surface area contributed by atoms with Gasteiger partial charge in [-0.2, -0.15) is 0 Å². The number of carboxylic acid groups (broad SMARTS) is 1. The molecule has 1 amide bonds. The van der Waals surface area contributed by atoms with Crippen molar-refractivity contribution in [2.45, 2.75) is 19.9 Å². The van der Waals surface area contributed by atoms with Crippen molar-refractivity contribution in [3.8, 4) is 11.5 Å². The molecule has 2 heterocycles. The molecule has 0 atom stereocenters. The number of hydrogen-bond donors (Lipinski definition) is 2. The second kappa shape index (κ2) is 6.66. The van der Waals surface area contributed by atoms with Crippen LogP contribution in [0.15, 0.2) is 28.7 Å². The van der Waals surface area contributed by atoms with Crippen LogP contribution in [0.2, 0.25) is 0 Å². The molecule has 0 bridgehead atoms. The maximum absolute atomic E-state index is 12.2. The molecular weight excluding hydrogens is 314 g/mol. The monoisotopic (exact) mass is 331 g/mol. The van der Waals surface area contributed by atoms with E-state index in [0.29, 0.717) is 41.8 Å². The Morgan fingerprint density at radius 2 is 1.92 bits per heavy atom. The summed E-state index contributed by atoms with van der Waals surface area (Å²) in [7, 11) is 0. The lowest BCUT2D eigenvalue weighted by atomic mass is 10.2. The molecule has 0 saturated heterocycles. The van der Waals surface area contributed by atoms with Crippen molar-refractivity contribution in [1.82, 2.24) is 5.32 Å². The van der Waals surface area contributed by atoms with Crippen LogP contribution in [0.1, 0.15) is 38.7 Å². The van der Waals surface area contributed by atoms with Gasteiger partial charge in [0.1, 0.15) is 17.1 Å². The highest BCUT2D eigenvalue weighted by molar-refractivity contribution is 5.95. The molecule has 24 heavy (non-hydrogen) atoms. The van der Waals surface area contributed by atoms with Gasteiger partial charge in [0.05, 0.1) is 19.8 Å². The van der Waals surface area contributed by atoms with Crippen molar-refractivity contribution in [3.63, 3.8) is 0 Å². The number of carboxylic acids is 1. The predicted molar refractivity (Wildman–Crippen MR) is 83.6 cm³/mol. The first-order valence-corrected chi connectivity index (χ1v) is 7.55. The minimum absolute atomic E-state index is 0.0924. The molecule has 1 aromatic carbocycles. The Labute approximate surface area is 138 Å². The number of rotatable bonds is 4. The lowest BCUT2D eigenvalue weighted by Crippen LogP contribution is -2.22. The van der Waals surface area contributed by atoms with Gasteiger partial charge >= 0.3 is 5.97 Å². The topological polar surface area (TPSA) is 98.0 Å². The number of carbonyl (C=O) groups excluding carboxylic acids is 1. The van der Waals surface area contributed by atoms with Gasteiger partial charge < -0.3 is 24.3 Å². The van der Waals surface area contributed by atoms with E-state index in [0.717, 1.165) is 6.42 Å². The fourth-order valence-corrected chi connectivity index (χ4v) is 2.42. The number of ether oxygens (including phenoxy) is 2. The van der Waals surface area contributed by atoms with E-state index < -0.39 is 5.97 Å². The van der Waals surface area contributed by atoms with Crippen LogP contribution in [-0.4, -0.2) is 30.2 Å². The van der Waals surface area contributed by atoms with Crippen molar-refractivity contribution in [2.75, 3.05) is 13.2 Å². The van der Waals surface area contributed by atoms with Crippen LogP contribution >= 0.6 is 0 Å².